The van der Waals surface area contributed by atoms with Gasteiger partial charge in [0.05, 0.1) is 13.0 Å². The molecule has 0 aliphatic rings. The van der Waals surface area contributed by atoms with Gasteiger partial charge in [0.1, 0.15) is 0 Å². The zero-order chi connectivity index (χ0) is 13.5. The fraction of sp³-hybridized carbons (Fsp3) is 0.385. The summed E-state index contributed by atoms with van der Waals surface area (Å²) in [5, 5.41) is 8.56. The van der Waals surface area contributed by atoms with Crippen LogP contribution in [0, 0.1) is 0 Å². The molecule has 0 spiro atoms. The highest BCUT2D eigenvalue weighted by molar-refractivity contribution is 5.94. The molecule has 1 amide bonds. The molecular formula is C13H19ClN2O3. The van der Waals surface area contributed by atoms with Crippen molar-refractivity contribution in [3.63, 3.8) is 0 Å². The first kappa shape index (κ1) is 17.4. The summed E-state index contributed by atoms with van der Waals surface area (Å²) < 4.78 is 0. The van der Waals surface area contributed by atoms with Crippen molar-refractivity contribution in [2.45, 2.75) is 6.42 Å². The highest BCUT2D eigenvalue weighted by Crippen LogP contribution is 2.11. The van der Waals surface area contributed by atoms with Gasteiger partial charge < -0.3 is 10.0 Å². The van der Waals surface area contributed by atoms with E-state index in [4.69, 9.17) is 5.11 Å². The van der Waals surface area contributed by atoms with Gasteiger partial charge in [0, 0.05) is 19.3 Å². The Hall–Kier alpha value is -1.59. The van der Waals surface area contributed by atoms with Gasteiger partial charge in [0.25, 0.3) is 0 Å². The second-order valence-electron chi connectivity index (χ2n) is 4.17. The third kappa shape index (κ3) is 6.22. The molecule has 19 heavy (non-hydrogen) atoms. The number of carbonyl (C=O) groups is 2. The molecule has 0 aromatic heterocycles. The second kappa shape index (κ2) is 8.50. The Morgan fingerprint density at radius 2 is 1.74 bits per heavy atom. The number of halogens is 1. The van der Waals surface area contributed by atoms with Gasteiger partial charge >= 0.3 is 5.97 Å². The molecule has 1 aromatic carbocycles. The van der Waals surface area contributed by atoms with E-state index in [2.05, 4.69) is 0 Å². The number of likely N-dealkylation sites (N-methyl/N-ethyl adjacent to an activating group) is 2. The number of para-hydroxylation sites is 1. The van der Waals surface area contributed by atoms with E-state index in [-0.39, 0.29) is 31.3 Å². The average molecular weight is 287 g/mol. The minimum Gasteiger partial charge on any atom is -0.481 e. The van der Waals surface area contributed by atoms with E-state index < -0.39 is 5.97 Å². The Morgan fingerprint density at radius 3 is 2.26 bits per heavy atom. The zero-order valence-corrected chi connectivity index (χ0v) is 11.9. The fourth-order valence-electron chi connectivity index (χ4n) is 1.50. The molecule has 0 heterocycles. The van der Waals surface area contributed by atoms with Crippen LogP contribution in [0.5, 0.6) is 0 Å². The van der Waals surface area contributed by atoms with Crippen LogP contribution in [0.25, 0.3) is 0 Å². The monoisotopic (exact) mass is 286 g/mol. The first-order chi connectivity index (χ1) is 8.50. The zero-order valence-electron chi connectivity index (χ0n) is 11.1. The molecule has 0 unspecified atom stereocenters. The number of rotatable bonds is 6. The van der Waals surface area contributed by atoms with Crippen molar-refractivity contribution in [3.05, 3.63) is 30.3 Å². The van der Waals surface area contributed by atoms with Crippen LogP contribution in [0.15, 0.2) is 30.3 Å². The molecule has 1 aromatic rings. The molecular weight excluding hydrogens is 268 g/mol. The molecule has 0 aliphatic heterocycles. The third-order valence-electron chi connectivity index (χ3n) is 2.63. The van der Waals surface area contributed by atoms with Crippen LogP contribution in [0.2, 0.25) is 0 Å². The number of aliphatic carboxylic acids is 1. The van der Waals surface area contributed by atoms with Gasteiger partial charge in [-0.25, -0.2) is 0 Å². The number of carboxylic acids is 1. The summed E-state index contributed by atoms with van der Waals surface area (Å²) in [6, 6.07) is 9.34. The minimum absolute atomic E-state index is 0. The van der Waals surface area contributed by atoms with Crippen LogP contribution in [-0.2, 0) is 9.59 Å². The molecule has 0 aliphatic carbocycles. The molecule has 106 valence electrons. The van der Waals surface area contributed by atoms with Crippen LogP contribution >= 0.6 is 12.4 Å². The summed E-state index contributed by atoms with van der Waals surface area (Å²) in [6.45, 7) is 0.572. The van der Waals surface area contributed by atoms with Crippen molar-refractivity contribution in [3.8, 4) is 0 Å². The molecule has 0 saturated carbocycles. The van der Waals surface area contributed by atoms with Gasteiger partial charge in [0.2, 0.25) is 5.91 Å². The molecule has 5 nitrogen and oxygen atoms in total. The molecule has 0 fully saturated rings. The first-order valence-electron chi connectivity index (χ1n) is 5.72. The maximum Gasteiger partial charge on any atom is 0.304 e. The lowest BCUT2D eigenvalue weighted by Gasteiger charge is -2.21. The number of hydrogen-bond donors (Lipinski definition) is 1. The summed E-state index contributed by atoms with van der Waals surface area (Å²) in [5.41, 5.74) is 0.828. The van der Waals surface area contributed by atoms with Crippen LogP contribution in [0.4, 0.5) is 5.69 Å². The predicted octanol–water partition coefficient (Wildman–Crippen LogP) is 1.48. The molecule has 0 radical (unpaired) electrons. The van der Waals surface area contributed by atoms with Crippen molar-refractivity contribution < 1.29 is 14.7 Å². The van der Waals surface area contributed by atoms with E-state index in [1.165, 1.54) is 0 Å². The number of carboxylic acid groups (broad SMARTS) is 1. The molecule has 6 heteroatoms. The summed E-state index contributed by atoms with van der Waals surface area (Å²) >= 11 is 0. The Morgan fingerprint density at radius 1 is 1.16 bits per heavy atom. The Labute approximate surface area is 119 Å². The maximum absolute atomic E-state index is 11.9. The first-order valence-corrected chi connectivity index (χ1v) is 5.72. The van der Waals surface area contributed by atoms with Crippen LogP contribution < -0.4 is 4.90 Å². The molecule has 1 rings (SSSR count). The second-order valence-corrected chi connectivity index (χ2v) is 4.17. The summed E-state index contributed by atoms with van der Waals surface area (Å²) in [7, 11) is 3.45. The normalized spacial score (nSPS) is 9.84. The standard InChI is InChI=1S/C13H18N2O3.ClH/c1-14(9-8-13(17)18)10-12(16)15(2)11-6-4-3-5-7-11;/h3-7H,8-10H2,1-2H3,(H,17,18);1H. The quantitative estimate of drug-likeness (QED) is 0.860. The molecule has 0 bridgehead atoms. The van der Waals surface area contributed by atoms with Crippen LogP contribution in [-0.4, -0.2) is 49.1 Å². The fourth-order valence-corrected chi connectivity index (χ4v) is 1.50. The van der Waals surface area contributed by atoms with E-state index in [1.54, 1.807) is 23.9 Å². The van der Waals surface area contributed by atoms with E-state index in [0.717, 1.165) is 5.69 Å². The third-order valence-corrected chi connectivity index (χ3v) is 2.63. The summed E-state index contributed by atoms with van der Waals surface area (Å²) in [4.78, 5) is 25.6. The van der Waals surface area contributed by atoms with Crippen molar-refractivity contribution in [1.29, 1.82) is 0 Å². The number of carbonyl (C=O) groups excluding carboxylic acids is 1. The van der Waals surface area contributed by atoms with Gasteiger partial charge in [-0.2, -0.15) is 0 Å². The lowest BCUT2D eigenvalue weighted by atomic mass is 10.3. The molecule has 1 N–H and O–H groups in total. The lowest BCUT2D eigenvalue weighted by molar-refractivity contribution is -0.137. The van der Waals surface area contributed by atoms with Crippen LogP contribution in [0.1, 0.15) is 6.42 Å². The Bertz CT molecular complexity index is 412. The highest BCUT2D eigenvalue weighted by atomic mass is 35.5. The number of benzene rings is 1. The smallest absolute Gasteiger partial charge is 0.304 e. The van der Waals surface area contributed by atoms with Crippen molar-refractivity contribution in [2.75, 3.05) is 32.1 Å². The van der Waals surface area contributed by atoms with E-state index in [0.29, 0.717) is 6.54 Å². The van der Waals surface area contributed by atoms with Crippen LogP contribution in [0.3, 0.4) is 0 Å². The SMILES string of the molecule is CN(CCC(=O)O)CC(=O)N(C)c1ccccc1.Cl. The van der Waals surface area contributed by atoms with Crippen molar-refractivity contribution in [1.82, 2.24) is 4.90 Å². The van der Waals surface area contributed by atoms with Gasteiger partial charge in [0.15, 0.2) is 0 Å². The van der Waals surface area contributed by atoms with E-state index >= 15 is 0 Å². The van der Waals surface area contributed by atoms with Gasteiger partial charge in [-0.1, -0.05) is 18.2 Å². The molecule has 0 saturated heterocycles. The highest BCUT2D eigenvalue weighted by Gasteiger charge is 2.13. The van der Waals surface area contributed by atoms with Gasteiger partial charge in [-0.05, 0) is 19.2 Å². The largest absolute Gasteiger partial charge is 0.481 e. The number of nitrogens with zero attached hydrogens (tertiary/aromatic N) is 2. The van der Waals surface area contributed by atoms with E-state index in [1.807, 2.05) is 30.3 Å². The summed E-state index contributed by atoms with van der Waals surface area (Å²) in [6.07, 6.45) is 0.0405. The summed E-state index contributed by atoms with van der Waals surface area (Å²) in [5.74, 6) is -0.917. The lowest BCUT2D eigenvalue weighted by Crippen LogP contribution is -2.37. The number of amides is 1. The van der Waals surface area contributed by atoms with E-state index in [9.17, 15) is 9.59 Å². The van der Waals surface area contributed by atoms with Gasteiger partial charge in [-0.3, -0.25) is 14.5 Å². The Kier molecular flexibility index (Phi) is 7.79. The minimum atomic E-state index is -0.856. The maximum atomic E-state index is 11.9. The number of hydrogen-bond acceptors (Lipinski definition) is 3. The van der Waals surface area contributed by atoms with Crippen molar-refractivity contribution >= 4 is 30.0 Å². The average Bonchev–Trinajstić information content (AvgIpc) is 2.36. The predicted molar refractivity (Wildman–Crippen MR) is 76.8 cm³/mol. The van der Waals surface area contributed by atoms with Crippen molar-refractivity contribution in [2.24, 2.45) is 0 Å². The topological polar surface area (TPSA) is 60.9 Å². The van der Waals surface area contributed by atoms with Gasteiger partial charge in [-0.15, -0.1) is 12.4 Å². The Balaban J connectivity index is 0.00000324. The molecule has 0 atom stereocenters. The number of anilines is 1.